The number of nitrogens with zero attached hydrogens (tertiary/aromatic N) is 4. The number of aromatic nitrogens is 4. The number of nitrogens with two attached hydrogens (primary N) is 1. The van der Waals surface area contributed by atoms with E-state index in [4.69, 9.17) is 28.8 Å². The number of rotatable bonds is 9. The van der Waals surface area contributed by atoms with Crippen LogP contribution in [-0.2, 0) is 13.6 Å². The summed E-state index contributed by atoms with van der Waals surface area (Å²) in [5.41, 5.74) is 7.17. The maximum atomic E-state index is 6.94. The van der Waals surface area contributed by atoms with E-state index < -0.39 is 16.6 Å². The number of methoxy groups -OCH3 is 1. The lowest BCUT2D eigenvalue weighted by atomic mass is 10.2. The van der Waals surface area contributed by atoms with E-state index in [0.29, 0.717) is 35.7 Å². The fourth-order valence-electron chi connectivity index (χ4n) is 4.17. The maximum absolute atomic E-state index is 6.94. The summed E-state index contributed by atoms with van der Waals surface area (Å²) in [6.45, 7) is 23.0. The van der Waals surface area contributed by atoms with Gasteiger partial charge in [-0.15, -0.1) is 0 Å². The Labute approximate surface area is 246 Å². The number of nitrogen functional groups attached to an aromatic ring is 1. The smallest absolute Gasteiger partial charge is 0.252 e. The molecule has 0 amide bonds. The zero-order valence-electron chi connectivity index (χ0n) is 26.4. The van der Waals surface area contributed by atoms with Gasteiger partial charge in [0.1, 0.15) is 23.8 Å². The van der Waals surface area contributed by atoms with Gasteiger partial charge in [-0.05, 0) is 48.4 Å². The van der Waals surface area contributed by atoms with Gasteiger partial charge >= 0.3 is 0 Å². The van der Waals surface area contributed by atoms with Gasteiger partial charge in [-0.25, -0.2) is 4.98 Å². The normalized spacial score (nSPS) is 20.5. The van der Waals surface area contributed by atoms with E-state index in [9.17, 15) is 0 Å². The van der Waals surface area contributed by atoms with Crippen molar-refractivity contribution in [1.29, 1.82) is 0 Å². The van der Waals surface area contributed by atoms with E-state index in [1.165, 1.54) is 0 Å². The van der Waals surface area contributed by atoms with E-state index >= 15 is 0 Å². The first-order valence-corrected chi connectivity index (χ1v) is 20.0. The SMILES string of the molecule is COc1cccc(Oc2nc(N)nc3c2ncn3[C@H]2C[C@H](O[Si](C)(C)C(C)(C)C)[C@@H](CO[Si](C)(C)C(C)(C)C)O2)c1. The summed E-state index contributed by atoms with van der Waals surface area (Å²) in [5.74, 6) is 1.58. The van der Waals surface area contributed by atoms with Crippen molar-refractivity contribution in [3.63, 3.8) is 0 Å². The molecule has 3 atom stereocenters. The number of hydrogen-bond donors (Lipinski definition) is 1. The monoisotopic (exact) mass is 601 g/mol. The Morgan fingerprint density at radius 1 is 1.00 bits per heavy atom. The number of ether oxygens (including phenoxy) is 3. The molecule has 3 aromatic rings. The molecule has 0 saturated carbocycles. The Bertz CT molecular complexity index is 1370. The predicted molar refractivity (Wildman–Crippen MR) is 167 cm³/mol. The van der Waals surface area contributed by atoms with Crippen LogP contribution in [0.5, 0.6) is 17.4 Å². The summed E-state index contributed by atoms with van der Waals surface area (Å²) in [6, 6.07) is 7.28. The standard InChI is InChI=1S/C29H47N5O5Si2/c1-28(2,3)40(8,9)36-17-22-21(39-41(10,11)29(4,5)6)16-23(38-22)34-18-31-24-25(34)32-27(30)33-26(24)37-20-14-12-13-19(15-20)35-7/h12-15,18,21-23H,16-17H2,1-11H3,(H2,30,32,33)/t21-,22+,23+/m0/s1. The van der Waals surface area contributed by atoms with Crippen molar-refractivity contribution in [1.82, 2.24) is 19.5 Å². The van der Waals surface area contributed by atoms with Crippen molar-refractivity contribution in [3.05, 3.63) is 30.6 Å². The second-order valence-electron chi connectivity index (χ2n) is 13.8. The van der Waals surface area contributed by atoms with Crippen molar-refractivity contribution in [3.8, 4) is 17.4 Å². The summed E-state index contributed by atoms with van der Waals surface area (Å²) < 4.78 is 33.6. The third-order valence-electron chi connectivity index (χ3n) is 8.82. The minimum atomic E-state index is -2.09. The molecular formula is C29H47N5O5Si2. The van der Waals surface area contributed by atoms with E-state index in [1.54, 1.807) is 19.5 Å². The van der Waals surface area contributed by atoms with Crippen molar-refractivity contribution >= 4 is 33.7 Å². The van der Waals surface area contributed by atoms with Crippen LogP contribution in [0.2, 0.25) is 36.3 Å². The fraction of sp³-hybridized carbons (Fsp3) is 0.621. The second-order valence-corrected chi connectivity index (χ2v) is 23.4. The number of imidazole rings is 1. The Kier molecular flexibility index (Phi) is 8.65. The molecule has 4 rings (SSSR count). The Morgan fingerprint density at radius 3 is 2.29 bits per heavy atom. The highest BCUT2D eigenvalue weighted by Crippen LogP contribution is 2.43. The van der Waals surface area contributed by atoms with E-state index in [0.717, 1.165) is 0 Å². The van der Waals surface area contributed by atoms with Crippen molar-refractivity contribution in [2.75, 3.05) is 19.5 Å². The third kappa shape index (κ3) is 6.77. The number of hydrogen-bond acceptors (Lipinski definition) is 9. The highest BCUT2D eigenvalue weighted by atomic mass is 28.4. The first-order chi connectivity index (χ1) is 18.9. The molecule has 41 heavy (non-hydrogen) atoms. The van der Waals surface area contributed by atoms with Gasteiger partial charge in [-0.2, -0.15) is 9.97 Å². The van der Waals surface area contributed by atoms with Crippen molar-refractivity contribution < 1.29 is 23.1 Å². The lowest BCUT2D eigenvalue weighted by molar-refractivity contribution is -0.0383. The van der Waals surface area contributed by atoms with Crippen molar-refractivity contribution in [2.45, 2.75) is 103 Å². The molecule has 2 aromatic heterocycles. The first-order valence-electron chi connectivity index (χ1n) is 14.2. The van der Waals surface area contributed by atoms with Crippen LogP contribution in [-0.4, -0.2) is 62.1 Å². The van der Waals surface area contributed by atoms with Crippen LogP contribution in [0.25, 0.3) is 11.2 Å². The summed E-state index contributed by atoms with van der Waals surface area (Å²) in [4.78, 5) is 13.5. The molecular weight excluding hydrogens is 555 g/mol. The summed E-state index contributed by atoms with van der Waals surface area (Å²) in [6.07, 6.45) is 1.63. The molecule has 12 heteroatoms. The summed E-state index contributed by atoms with van der Waals surface area (Å²) >= 11 is 0. The quantitative estimate of drug-likeness (QED) is 0.261. The highest BCUT2D eigenvalue weighted by Gasteiger charge is 2.47. The van der Waals surface area contributed by atoms with Gasteiger partial charge in [0, 0.05) is 12.5 Å². The van der Waals surface area contributed by atoms with Gasteiger partial charge in [-0.3, -0.25) is 4.57 Å². The molecule has 1 aliphatic heterocycles. The molecule has 1 saturated heterocycles. The minimum absolute atomic E-state index is 0.0612. The Hall–Kier alpha value is -2.52. The first kappa shape index (κ1) is 31.4. The van der Waals surface area contributed by atoms with Gasteiger partial charge in [0.25, 0.3) is 5.88 Å². The average Bonchev–Trinajstić information content (AvgIpc) is 3.45. The fourth-order valence-corrected chi connectivity index (χ4v) is 6.54. The average molecular weight is 602 g/mol. The molecule has 1 aliphatic rings. The largest absolute Gasteiger partial charge is 0.497 e. The minimum Gasteiger partial charge on any atom is -0.497 e. The highest BCUT2D eigenvalue weighted by molar-refractivity contribution is 6.74. The molecule has 226 valence electrons. The molecule has 0 aliphatic carbocycles. The van der Waals surface area contributed by atoms with Gasteiger partial charge in [0.2, 0.25) is 5.95 Å². The number of anilines is 1. The second kappa shape index (κ2) is 11.3. The molecule has 3 heterocycles. The number of fused-ring (bicyclic) bond motifs is 1. The van der Waals surface area contributed by atoms with Crippen LogP contribution in [0.3, 0.4) is 0 Å². The van der Waals surface area contributed by atoms with Gasteiger partial charge in [0.05, 0.1) is 26.1 Å². The molecule has 2 N–H and O–H groups in total. The van der Waals surface area contributed by atoms with Crippen LogP contribution in [0, 0.1) is 0 Å². The molecule has 0 unspecified atom stereocenters. The summed E-state index contributed by atoms with van der Waals surface area (Å²) in [7, 11) is -2.47. The van der Waals surface area contributed by atoms with Crippen LogP contribution in [0.15, 0.2) is 30.6 Å². The zero-order valence-corrected chi connectivity index (χ0v) is 28.4. The van der Waals surface area contributed by atoms with Crippen LogP contribution < -0.4 is 15.2 Å². The zero-order chi connectivity index (χ0) is 30.4. The van der Waals surface area contributed by atoms with Crippen LogP contribution in [0.4, 0.5) is 5.95 Å². The lowest BCUT2D eigenvalue weighted by Crippen LogP contribution is -2.48. The Morgan fingerprint density at radius 2 is 1.66 bits per heavy atom. The lowest BCUT2D eigenvalue weighted by Gasteiger charge is -2.40. The third-order valence-corrected chi connectivity index (χ3v) is 17.8. The molecule has 0 radical (unpaired) electrons. The van der Waals surface area contributed by atoms with Gasteiger partial charge < -0.3 is 28.8 Å². The summed E-state index contributed by atoms with van der Waals surface area (Å²) in [5, 5.41) is 0.153. The molecule has 1 aromatic carbocycles. The van der Waals surface area contributed by atoms with Crippen molar-refractivity contribution in [2.24, 2.45) is 0 Å². The van der Waals surface area contributed by atoms with E-state index in [-0.39, 0.29) is 40.3 Å². The van der Waals surface area contributed by atoms with Crippen LogP contribution in [0.1, 0.15) is 54.2 Å². The topological polar surface area (TPSA) is 116 Å². The molecule has 0 spiro atoms. The van der Waals surface area contributed by atoms with Gasteiger partial charge in [0.15, 0.2) is 27.8 Å². The maximum Gasteiger partial charge on any atom is 0.252 e. The van der Waals surface area contributed by atoms with E-state index in [2.05, 4.69) is 82.7 Å². The Balaban J connectivity index is 1.64. The molecule has 0 bridgehead atoms. The van der Waals surface area contributed by atoms with Gasteiger partial charge in [-0.1, -0.05) is 47.6 Å². The molecule has 10 nitrogen and oxygen atoms in total. The van der Waals surface area contributed by atoms with E-state index in [1.807, 2.05) is 22.8 Å². The molecule has 1 fully saturated rings. The predicted octanol–water partition coefficient (Wildman–Crippen LogP) is 6.91. The number of benzene rings is 1. The van der Waals surface area contributed by atoms with Crippen LogP contribution >= 0.6 is 0 Å².